The molecule has 1 aromatic heterocycles. The zero-order valence-corrected chi connectivity index (χ0v) is 9.53. The van der Waals surface area contributed by atoms with E-state index in [1.807, 2.05) is 12.1 Å². The number of hydrogen-bond donors (Lipinski definition) is 1. The van der Waals surface area contributed by atoms with Gasteiger partial charge in [-0.3, -0.25) is 4.90 Å². The Morgan fingerprint density at radius 3 is 3.00 bits per heavy atom. The van der Waals surface area contributed by atoms with Gasteiger partial charge in [-0.05, 0) is 46.9 Å². The number of hydrogen-bond acceptors (Lipinski definition) is 3. The van der Waals surface area contributed by atoms with Gasteiger partial charge in [0.05, 0.1) is 6.54 Å². The van der Waals surface area contributed by atoms with Crippen LogP contribution in [-0.4, -0.2) is 29.7 Å². The normalized spacial score (nSPS) is 23.1. The second-order valence-corrected chi connectivity index (χ2v) is 4.56. The average Bonchev–Trinajstić information content (AvgIpc) is 2.76. The molecule has 0 saturated carbocycles. The number of aliphatic hydroxyl groups excluding tert-OH is 1. The van der Waals surface area contributed by atoms with E-state index in [0.717, 1.165) is 36.5 Å². The lowest BCUT2D eigenvalue weighted by Crippen LogP contribution is -2.20. The molecule has 1 aliphatic heterocycles. The van der Waals surface area contributed by atoms with Crippen LogP contribution in [0.15, 0.2) is 21.2 Å². The average molecular weight is 260 g/mol. The van der Waals surface area contributed by atoms with Gasteiger partial charge in [0.25, 0.3) is 0 Å². The fourth-order valence-electron chi connectivity index (χ4n) is 1.86. The molecule has 1 saturated heterocycles. The fourth-order valence-corrected chi connectivity index (χ4v) is 2.20. The molecule has 1 aliphatic rings. The van der Waals surface area contributed by atoms with E-state index in [9.17, 15) is 0 Å². The Labute approximate surface area is 91.8 Å². The lowest BCUT2D eigenvalue weighted by Gasteiger charge is -2.13. The second kappa shape index (κ2) is 4.47. The first-order valence-electron chi connectivity index (χ1n) is 4.85. The van der Waals surface area contributed by atoms with Crippen molar-refractivity contribution in [3.8, 4) is 0 Å². The third-order valence-electron chi connectivity index (χ3n) is 2.64. The molecule has 2 rings (SSSR count). The molecule has 0 radical (unpaired) electrons. The van der Waals surface area contributed by atoms with Crippen LogP contribution < -0.4 is 0 Å². The molecule has 1 N–H and O–H groups in total. The van der Waals surface area contributed by atoms with Gasteiger partial charge in [0.15, 0.2) is 4.67 Å². The molecule has 0 aromatic carbocycles. The summed E-state index contributed by atoms with van der Waals surface area (Å²) in [6, 6.07) is 3.89. The van der Waals surface area contributed by atoms with Crippen molar-refractivity contribution < 1.29 is 9.52 Å². The van der Waals surface area contributed by atoms with E-state index < -0.39 is 0 Å². The van der Waals surface area contributed by atoms with E-state index in [-0.39, 0.29) is 0 Å². The molecule has 1 atom stereocenters. The first kappa shape index (κ1) is 10.2. The van der Waals surface area contributed by atoms with Gasteiger partial charge in [0.1, 0.15) is 5.76 Å². The Kier molecular flexibility index (Phi) is 3.26. The molecule has 1 aromatic rings. The van der Waals surface area contributed by atoms with Crippen molar-refractivity contribution in [1.82, 2.24) is 4.90 Å². The van der Waals surface area contributed by atoms with Crippen molar-refractivity contribution in [2.75, 3.05) is 19.7 Å². The van der Waals surface area contributed by atoms with Gasteiger partial charge in [-0.25, -0.2) is 0 Å². The predicted octanol–water partition coefficient (Wildman–Crippen LogP) is 1.86. The smallest absolute Gasteiger partial charge is 0.169 e. The first-order valence-corrected chi connectivity index (χ1v) is 5.64. The van der Waals surface area contributed by atoms with Crippen molar-refractivity contribution in [3.63, 3.8) is 0 Å². The van der Waals surface area contributed by atoms with Crippen molar-refractivity contribution in [1.29, 1.82) is 0 Å². The standard InChI is InChI=1S/C10H14BrNO2/c11-10-2-1-9(14-10)6-12-4-3-8(5-12)7-13/h1-2,8,13H,3-7H2/t8-/m0/s1. The third-order valence-corrected chi connectivity index (χ3v) is 3.06. The highest BCUT2D eigenvalue weighted by molar-refractivity contribution is 9.10. The molecular weight excluding hydrogens is 246 g/mol. The number of aliphatic hydroxyl groups is 1. The topological polar surface area (TPSA) is 36.6 Å². The Morgan fingerprint density at radius 1 is 1.57 bits per heavy atom. The number of furan rings is 1. The van der Waals surface area contributed by atoms with E-state index in [4.69, 9.17) is 9.52 Å². The molecule has 0 spiro atoms. The highest BCUT2D eigenvalue weighted by Crippen LogP contribution is 2.20. The van der Waals surface area contributed by atoms with E-state index in [1.165, 1.54) is 0 Å². The first-order chi connectivity index (χ1) is 6.78. The minimum absolute atomic E-state index is 0.304. The summed E-state index contributed by atoms with van der Waals surface area (Å²) >= 11 is 3.28. The zero-order valence-electron chi connectivity index (χ0n) is 7.95. The summed E-state index contributed by atoms with van der Waals surface area (Å²) in [6.45, 7) is 3.19. The minimum Gasteiger partial charge on any atom is -0.453 e. The molecule has 0 bridgehead atoms. The number of halogens is 1. The maximum Gasteiger partial charge on any atom is 0.169 e. The quantitative estimate of drug-likeness (QED) is 0.901. The third kappa shape index (κ3) is 2.38. The molecule has 4 heteroatoms. The summed E-state index contributed by atoms with van der Waals surface area (Å²) in [5.74, 6) is 1.43. The van der Waals surface area contributed by atoms with Gasteiger partial charge in [0, 0.05) is 13.2 Å². The van der Waals surface area contributed by atoms with Crippen LogP contribution in [0.5, 0.6) is 0 Å². The fraction of sp³-hybridized carbons (Fsp3) is 0.600. The van der Waals surface area contributed by atoms with Crippen molar-refractivity contribution in [2.24, 2.45) is 5.92 Å². The lowest BCUT2D eigenvalue weighted by atomic mass is 10.1. The molecule has 78 valence electrons. The Hall–Kier alpha value is -0.320. The molecule has 0 unspecified atom stereocenters. The predicted molar refractivity (Wildman–Crippen MR) is 56.9 cm³/mol. The summed E-state index contributed by atoms with van der Waals surface area (Å²) in [5.41, 5.74) is 0. The van der Waals surface area contributed by atoms with Crippen molar-refractivity contribution >= 4 is 15.9 Å². The van der Waals surface area contributed by atoms with Crippen molar-refractivity contribution in [2.45, 2.75) is 13.0 Å². The van der Waals surface area contributed by atoms with Crippen LogP contribution in [0.2, 0.25) is 0 Å². The monoisotopic (exact) mass is 259 g/mol. The Bertz CT molecular complexity index is 300. The molecule has 3 nitrogen and oxygen atoms in total. The van der Waals surface area contributed by atoms with E-state index in [0.29, 0.717) is 12.5 Å². The number of rotatable bonds is 3. The van der Waals surface area contributed by atoms with Gasteiger partial charge in [-0.1, -0.05) is 0 Å². The molecule has 0 amide bonds. The van der Waals surface area contributed by atoms with Crippen LogP contribution >= 0.6 is 15.9 Å². The summed E-state index contributed by atoms with van der Waals surface area (Å²) in [5, 5.41) is 9.00. The van der Waals surface area contributed by atoms with Gasteiger partial charge >= 0.3 is 0 Å². The van der Waals surface area contributed by atoms with Gasteiger partial charge in [0.2, 0.25) is 0 Å². The largest absolute Gasteiger partial charge is 0.453 e. The van der Waals surface area contributed by atoms with Crippen LogP contribution in [0, 0.1) is 5.92 Å². The van der Waals surface area contributed by atoms with Gasteiger partial charge in [-0.2, -0.15) is 0 Å². The molecular formula is C10H14BrNO2. The summed E-state index contributed by atoms with van der Waals surface area (Å²) in [6.07, 6.45) is 1.10. The van der Waals surface area contributed by atoms with Crippen LogP contribution in [0.3, 0.4) is 0 Å². The van der Waals surface area contributed by atoms with E-state index in [1.54, 1.807) is 0 Å². The molecule has 2 heterocycles. The number of nitrogens with zero attached hydrogens (tertiary/aromatic N) is 1. The molecule has 1 fully saturated rings. The SMILES string of the molecule is OC[C@H]1CCN(Cc2ccc(Br)o2)C1. The van der Waals surface area contributed by atoms with Crippen molar-refractivity contribution in [3.05, 3.63) is 22.6 Å². The van der Waals surface area contributed by atoms with Crippen LogP contribution in [0.25, 0.3) is 0 Å². The van der Waals surface area contributed by atoms with Crippen LogP contribution in [0.1, 0.15) is 12.2 Å². The second-order valence-electron chi connectivity index (χ2n) is 3.78. The molecule has 14 heavy (non-hydrogen) atoms. The highest BCUT2D eigenvalue weighted by Gasteiger charge is 2.22. The van der Waals surface area contributed by atoms with Gasteiger partial charge in [-0.15, -0.1) is 0 Å². The van der Waals surface area contributed by atoms with E-state index >= 15 is 0 Å². The maximum absolute atomic E-state index is 9.00. The Balaban J connectivity index is 1.87. The highest BCUT2D eigenvalue weighted by atomic mass is 79.9. The minimum atomic E-state index is 0.304. The molecule has 0 aliphatic carbocycles. The Morgan fingerprint density at radius 2 is 2.43 bits per heavy atom. The summed E-state index contributed by atoms with van der Waals surface area (Å²) < 4.78 is 6.21. The van der Waals surface area contributed by atoms with Gasteiger partial charge < -0.3 is 9.52 Å². The zero-order chi connectivity index (χ0) is 9.97. The summed E-state index contributed by atoms with van der Waals surface area (Å²) in [4.78, 5) is 2.31. The van der Waals surface area contributed by atoms with Crippen LogP contribution in [-0.2, 0) is 6.54 Å². The summed E-state index contributed by atoms with van der Waals surface area (Å²) in [7, 11) is 0. The maximum atomic E-state index is 9.00. The van der Waals surface area contributed by atoms with Crippen LogP contribution in [0.4, 0.5) is 0 Å². The lowest BCUT2D eigenvalue weighted by molar-refractivity contribution is 0.215. The number of likely N-dealkylation sites (tertiary alicyclic amines) is 1. The van der Waals surface area contributed by atoms with E-state index in [2.05, 4.69) is 20.8 Å².